The van der Waals surface area contributed by atoms with Crippen molar-refractivity contribution >= 4 is 15.7 Å². The van der Waals surface area contributed by atoms with Crippen molar-refractivity contribution in [3.8, 4) is 5.75 Å². The number of rotatable bonds is 5. The summed E-state index contributed by atoms with van der Waals surface area (Å²) in [5.41, 5.74) is 1.08. The number of hydrogen-bond donors (Lipinski definition) is 2. The van der Waals surface area contributed by atoms with E-state index < -0.39 is 9.84 Å². The van der Waals surface area contributed by atoms with Crippen molar-refractivity contribution in [3.05, 3.63) is 29.3 Å². The van der Waals surface area contributed by atoms with Gasteiger partial charge >= 0.3 is 0 Å². The Bertz CT molecular complexity index is 537. The first-order valence-electron chi connectivity index (χ1n) is 5.64. The highest BCUT2D eigenvalue weighted by molar-refractivity contribution is 7.91. The molecule has 1 aromatic carbocycles. The Morgan fingerprint density at radius 3 is 2.61 bits per heavy atom. The van der Waals surface area contributed by atoms with Crippen molar-refractivity contribution < 1.29 is 18.3 Å². The summed E-state index contributed by atoms with van der Waals surface area (Å²) in [6.45, 7) is 3.37. The number of carbonyl (C=O) groups is 1. The Balaban J connectivity index is 2.61. The number of phenolic OH excluding ortho intramolecular Hbond substituents is 1. The lowest BCUT2D eigenvalue weighted by Crippen LogP contribution is -2.30. The van der Waals surface area contributed by atoms with Gasteiger partial charge in [-0.25, -0.2) is 8.42 Å². The third-order valence-corrected chi connectivity index (χ3v) is 4.30. The van der Waals surface area contributed by atoms with Crippen molar-refractivity contribution in [2.45, 2.75) is 13.8 Å². The second-order valence-electron chi connectivity index (χ2n) is 3.99. The van der Waals surface area contributed by atoms with Gasteiger partial charge in [-0.1, -0.05) is 6.92 Å². The monoisotopic (exact) mass is 271 g/mol. The highest BCUT2D eigenvalue weighted by atomic mass is 32.2. The molecule has 0 aliphatic carbocycles. The number of sulfone groups is 1. The summed E-state index contributed by atoms with van der Waals surface area (Å²) in [6.07, 6.45) is 0. The van der Waals surface area contributed by atoms with E-state index in [9.17, 15) is 18.3 Å². The lowest BCUT2D eigenvalue weighted by molar-refractivity contribution is 0.0955. The van der Waals surface area contributed by atoms with Gasteiger partial charge < -0.3 is 10.4 Å². The van der Waals surface area contributed by atoms with E-state index in [1.54, 1.807) is 13.8 Å². The van der Waals surface area contributed by atoms with Gasteiger partial charge in [0.25, 0.3) is 5.91 Å². The minimum Gasteiger partial charge on any atom is -0.508 e. The van der Waals surface area contributed by atoms with Crippen LogP contribution < -0.4 is 5.32 Å². The fourth-order valence-corrected chi connectivity index (χ4v) is 2.16. The molecule has 1 amide bonds. The second kappa shape index (κ2) is 5.86. The summed E-state index contributed by atoms with van der Waals surface area (Å²) in [4.78, 5) is 11.8. The average molecular weight is 271 g/mol. The number of carbonyl (C=O) groups excluding carboxylic acids is 1. The fourth-order valence-electron chi connectivity index (χ4n) is 1.46. The molecule has 0 spiro atoms. The Hall–Kier alpha value is -1.56. The zero-order chi connectivity index (χ0) is 13.8. The zero-order valence-corrected chi connectivity index (χ0v) is 11.3. The molecule has 18 heavy (non-hydrogen) atoms. The Morgan fingerprint density at radius 1 is 1.39 bits per heavy atom. The van der Waals surface area contributed by atoms with E-state index in [2.05, 4.69) is 5.32 Å². The number of phenols is 1. The highest BCUT2D eigenvalue weighted by Gasteiger charge is 2.11. The first kappa shape index (κ1) is 14.5. The SMILES string of the molecule is CCS(=O)(=O)CCNC(=O)c1ccc(O)cc1C. The maximum Gasteiger partial charge on any atom is 0.251 e. The number of hydrogen-bond acceptors (Lipinski definition) is 4. The highest BCUT2D eigenvalue weighted by Crippen LogP contribution is 2.15. The van der Waals surface area contributed by atoms with Crippen LogP contribution in [0.3, 0.4) is 0 Å². The van der Waals surface area contributed by atoms with E-state index in [4.69, 9.17) is 0 Å². The van der Waals surface area contributed by atoms with Crippen molar-refractivity contribution in [2.24, 2.45) is 0 Å². The molecule has 2 N–H and O–H groups in total. The van der Waals surface area contributed by atoms with Gasteiger partial charge in [-0.15, -0.1) is 0 Å². The number of aryl methyl sites for hydroxylation is 1. The topological polar surface area (TPSA) is 83.5 Å². The summed E-state index contributed by atoms with van der Waals surface area (Å²) >= 11 is 0. The zero-order valence-electron chi connectivity index (χ0n) is 10.4. The summed E-state index contributed by atoms with van der Waals surface area (Å²) in [5, 5.41) is 11.8. The predicted molar refractivity (Wildman–Crippen MR) is 69.5 cm³/mol. The molecule has 1 aromatic rings. The molecule has 6 heteroatoms. The summed E-state index contributed by atoms with van der Waals surface area (Å²) < 4.78 is 22.5. The van der Waals surface area contributed by atoms with Crippen LogP contribution in [0.4, 0.5) is 0 Å². The van der Waals surface area contributed by atoms with Gasteiger partial charge in [-0.2, -0.15) is 0 Å². The minimum atomic E-state index is -3.07. The molecule has 0 fully saturated rings. The normalized spacial score (nSPS) is 11.2. The molecular formula is C12H17NO4S. The van der Waals surface area contributed by atoms with E-state index in [-0.39, 0.29) is 29.7 Å². The maximum absolute atomic E-state index is 11.8. The molecule has 100 valence electrons. The molecule has 0 heterocycles. The van der Waals surface area contributed by atoms with Crippen molar-refractivity contribution in [3.63, 3.8) is 0 Å². The fraction of sp³-hybridized carbons (Fsp3) is 0.417. The standard InChI is InChI=1S/C12H17NO4S/c1-3-18(16,17)7-6-13-12(15)11-5-4-10(14)8-9(11)2/h4-5,8,14H,3,6-7H2,1-2H3,(H,13,15). The summed E-state index contributed by atoms with van der Waals surface area (Å²) in [6, 6.07) is 4.41. The van der Waals surface area contributed by atoms with Crippen LogP contribution in [0.5, 0.6) is 5.75 Å². The van der Waals surface area contributed by atoms with Gasteiger partial charge in [0, 0.05) is 17.9 Å². The molecule has 0 aliphatic heterocycles. The minimum absolute atomic E-state index is 0.0631. The molecule has 0 aliphatic rings. The van der Waals surface area contributed by atoms with Gasteiger partial charge in [0.1, 0.15) is 5.75 Å². The van der Waals surface area contributed by atoms with Crippen LogP contribution in [0.25, 0.3) is 0 Å². The van der Waals surface area contributed by atoms with Crippen LogP contribution in [0.1, 0.15) is 22.8 Å². The number of benzene rings is 1. The van der Waals surface area contributed by atoms with E-state index in [1.165, 1.54) is 18.2 Å². The van der Waals surface area contributed by atoms with E-state index in [1.807, 2.05) is 0 Å². The summed E-state index contributed by atoms with van der Waals surface area (Å²) in [7, 11) is -3.07. The molecular weight excluding hydrogens is 254 g/mol. The van der Waals surface area contributed by atoms with Crippen LogP contribution in [-0.2, 0) is 9.84 Å². The largest absolute Gasteiger partial charge is 0.508 e. The van der Waals surface area contributed by atoms with Crippen molar-refractivity contribution in [1.29, 1.82) is 0 Å². The Kier molecular flexibility index (Phi) is 4.72. The van der Waals surface area contributed by atoms with Crippen LogP contribution >= 0.6 is 0 Å². The van der Waals surface area contributed by atoms with Gasteiger partial charge in [0.15, 0.2) is 9.84 Å². The first-order chi connectivity index (χ1) is 8.35. The average Bonchev–Trinajstić information content (AvgIpc) is 2.28. The molecule has 0 aromatic heterocycles. The molecule has 0 saturated heterocycles. The molecule has 5 nitrogen and oxygen atoms in total. The van der Waals surface area contributed by atoms with Gasteiger partial charge in [0.05, 0.1) is 5.75 Å². The predicted octanol–water partition coefficient (Wildman–Crippen LogP) is 0.865. The molecule has 1 rings (SSSR count). The van der Waals surface area contributed by atoms with E-state index in [0.717, 1.165) is 0 Å². The molecule has 0 atom stereocenters. The van der Waals surface area contributed by atoms with Crippen LogP contribution in [0, 0.1) is 6.92 Å². The van der Waals surface area contributed by atoms with Crippen molar-refractivity contribution in [2.75, 3.05) is 18.1 Å². The van der Waals surface area contributed by atoms with Crippen LogP contribution in [0.15, 0.2) is 18.2 Å². The van der Waals surface area contributed by atoms with E-state index >= 15 is 0 Å². The Morgan fingerprint density at radius 2 is 2.06 bits per heavy atom. The smallest absolute Gasteiger partial charge is 0.251 e. The van der Waals surface area contributed by atoms with E-state index in [0.29, 0.717) is 11.1 Å². The third-order valence-electron chi connectivity index (χ3n) is 2.59. The van der Waals surface area contributed by atoms with Gasteiger partial charge in [0.2, 0.25) is 0 Å². The molecule has 0 bridgehead atoms. The van der Waals surface area contributed by atoms with Crippen LogP contribution in [0.2, 0.25) is 0 Å². The maximum atomic E-state index is 11.8. The summed E-state index contributed by atoms with van der Waals surface area (Å²) in [5.74, 6) is -0.232. The van der Waals surface area contributed by atoms with Gasteiger partial charge in [-0.3, -0.25) is 4.79 Å². The quantitative estimate of drug-likeness (QED) is 0.832. The van der Waals surface area contributed by atoms with Crippen molar-refractivity contribution in [1.82, 2.24) is 5.32 Å². The molecule has 0 saturated carbocycles. The molecule has 0 radical (unpaired) electrons. The first-order valence-corrected chi connectivity index (χ1v) is 7.46. The third kappa shape index (κ3) is 4.03. The number of aromatic hydroxyl groups is 1. The Labute approximate surface area is 107 Å². The molecule has 0 unspecified atom stereocenters. The number of nitrogens with one attached hydrogen (secondary N) is 1. The van der Waals surface area contributed by atoms with Gasteiger partial charge in [-0.05, 0) is 30.7 Å². The second-order valence-corrected chi connectivity index (χ2v) is 6.46. The lowest BCUT2D eigenvalue weighted by atomic mass is 10.1. The van der Waals surface area contributed by atoms with Crippen LogP contribution in [-0.4, -0.2) is 37.5 Å². The lowest BCUT2D eigenvalue weighted by Gasteiger charge is -2.08. The number of amides is 1.